The second kappa shape index (κ2) is 5.48. The second-order valence-corrected chi connectivity index (χ2v) is 5.12. The van der Waals surface area contributed by atoms with Gasteiger partial charge < -0.3 is 4.90 Å². The van der Waals surface area contributed by atoms with E-state index in [2.05, 4.69) is 15.9 Å². The minimum Gasteiger partial charge on any atom is -0.314 e. The summed E-state index contributed by atoms with van der Waals surface area (Å²) in [6.45, 7) is 6.05. The molecule has 3 heteroatoms. The molecule has 1 rings (SSSR count). The second-order valence-electron chi connectivity index (χ2n) is 4.01. The van der Waals surface area contributed by atoms with Crippen LogP contribution in [0.2, 0.25) is 0 Å². The van der Waals surface area contributed by atoms with Crippen LogP contribution in [-0.2, 0) is 4.79 Å². The van der Waals surface area contributed by atoms with Crippen molar-refractivity contribution in [2.45, 2.75) is 32.0 Å². The molecule has 0 saturated heterocycles. The Morgan fingerprint density at radius 3 is 2.31 bits per heavy atom. The summed E-state index contributed by atoms with van der Waals surface area (Å²) in [6, 6.07) is 6.07. The number of rotatable bonds is 3. The van der Waals surface area contributed by atoms with E-state index in [1.54, 1.807) is 4.90 Å². The molecule has 0 unspecified atom stereocenters. The summed E-state index contributed by atoms with van der Waals surface area (Å²) in [5.74, 6) is 0.111. The van der Waals surface area contributed by atoms with Crippen molar-refractivity contribution >= 4 is 27.5 Å². The van der Waals surface area contributed by atoms with E-state index >= 15 is 0 Å². The molecule has 0 saturated carbocycles. The van der Waals surface area contributed by atoms with Crippen LogP contribution in [0.4, 0.5) is 5.69 Å². The monoisotopic (exact) mass is 283 g/mol. The Morgan fingerprint density at radius 2 is 1.88 bits per heavy atom. The van der Waals surface area contributed by atoms with Crippen LogP contribution < -0.4 is 4.90 Å². The summed E-state index contributed by atoms with van der Waals surface area (Å²) in [4.78, 5) is 13.7. The SMILES string of the molecule is CC[C@H](Br)C(=O)N(C)c1c(C)cccc1C. The van der Waals surface area contributed by atoms with Gasteiger partial charge in [-0.3, -0.25) is 4.79 Å². The van der Waals surface area contributed by atoms with E-state index in [0.29, 0.717) is 0 Å². The summed E-state index contributed by atoms with van der Waals surface area (Å²) in [7, 11) is 1.83. The maximum absolute atomic E-state index is 12.1. The number of para-hydroxylation sites is 1. The van der Waals surface area contributed by atoms with Crippen molar-refractivity contribution in [2.24, 2.45) is 0 Å². The zero-order valence-corrected chi connectivity index (χ0v) is 11.8. The van der Waals surface area contributed by atoms with Crippen molar-refractivity contribution in [3.8, 4) is 0 Å². The number of aryl methyl sites for hydroxylation is 2. The van der Waals surface area contributed by atoms with Crippen molar-refractivity contribution in [1.29, 1.82) is 0 Å². The average molecular weight is 284 g/mol. The first kappa shape index (κ1) is 13.2. The molecule has 1 atom stereocenters. The average Bonchev–Trinajstić information content (AvgIpc) is 2.26. The number of halogens is 1. The molecule has 0 spiro atoms. The maximum atomic E-state index is 12.1. The van der Waals surface area contributed by atoms with Crippen molar-refractivity contribution in [2.75, 3.05) is 11.9 Å². The molecule has 0 N–H and O–H groups in total. The van der Waals surface area contributed by atoms with Gasteiger partial charge in [-0.25, -0.2) is 0 Å². The Bertz CT molecular complexity index is 369. The fraction of sp³-hybridized carbons (Fsp3) is 0.462. The number of alkyl halides is 1. The van der Waals surface area contributed by atoms with E-state index in [0.717, 1.165) is 23.2 Å². The summed E-state index contributed by atoms with van der Waals surface area (Å²) < 4.78 is 0. The third-order valence-corrected chi connectivity index (χ3v) is 3.77. The lowest BCUT2D eigenvalue weighted by molar-refractivity contribution is -0.117. The smallest absolute Gasteiger partial charge is 0.240 e. The molecule has 2 nitrogen and oxygen atoms in total. The van der Waals surface area contributed by atoms with Gasteiger partial charge in [0.15, 0.2) is 0 Å². The summed E-state index contributed by atoms with van der Waals surface area (Å²) >= 11 is 3.40. The molecule has 1 aromatic rings. The molecule has 0 aliphatic heterocycles. The lowest BCUT2D eigenvalue weighted by atomic mass is 10.1. The quantitative estimate of drug-likeness (QED) is 0.779. The highest BCUT2D eigenvalue weighted by atomic mass is 79.9. The summed E-state index contributed by atoms with van der Waals surface area (Å²) in [5, 5.41) is 0. The fourth-order valence-electron chi connectivity index (χ4n) is 1.83. The van der Waals surface area contributed by atoms with Crippen molar-refractivity contribution in [3.63, 3.8) is 0 Å². The van der Waals surface area contributed by atoms with Crippen LogP contribution in [-0.4, -0.2) is 17.8 Å². The number of carbonyl (C=O) groups is 1. The molecule has 1 amide bonds. The lowest BCUT2D eigenvalue weighted by Gasteiger charge is -2.23. The molecular formula is C13H18BrNO. The van der Waals surface area contributed by atoms with Crippen molar-refractivity contribution in [3.05, 3.63) is 29.3 Å². The highest BCUT2D eigenvalue weighted by Crippen LogP contribution is 2.25. The van der Waals surface area contributed by atoms with E-state index in [1.165, 1.54) is 0 Å². The van der Waals surface area contributed by atoms with Crippen LogP contribution in [0.3, 0.4) is 0 Å². The number of anilines is 1. The van der Waals surface area contributed by atoms with Gasteiger partial charge in [-0.05, 0) is 31.4 Å². The highest BCUT2D eigenvalue weighted by Gasteiger charge is 2.20. The first-order valence-electron chi connectivity index (χ1n) is 5.46. The van der Waals surface area contributed by atoms with Gasteiger partial charge in [0.05, 0.1) is 4.83 Å². The van der Waals surface area contributed by atoms with Crippen molar-refractivity contribution in [1.82, 2.24) is 0 Å². The normalized spacial score (nSPS) is 12.3. The first-order valence-corrected chi connectivity index (χ1v) is 6.38. The van der Waals surface area contributed by atoms with Crippen molar-refractivity contribution < 1.29 is 4.79 Å². The number of carbonyl (C=O) groups excluding carboxylic acids is 1. The molecule has 1 aromatic carbocycles. The molecule has 88 valence electrons. The molecule has 0 fully saturated rings. The molecule has 0 aromatic heterocycles. The lowest BCUT2D eigenvalue weighted by Crippen LogP contribution is -2.33. The third-order valence-electron chi connectivity index (χ3n) is 2.73. The molecule has 16 heavy (non-hydrogen) atoms. The molecule has 0 heterocycles. The van der Waals surface area contributed by atoms with Crippen LogP contribution in [0, 0.1) is 13.8 Å². The Morgan fingerprint density at radius 1 is 1.38 bits per heavy atom. The highest BCUT2D eigenvalue weighted by molar-refractivity contribution is 9.10. The van der Waals surface area contributed by atoms with Gasteiger partial charge in [0.2, 0.25) is 5.91 Å². The molecule has 0 radical (unpaired) electrons. The Hall–Kier alpha value is -0.830. The third kappa shape index (κ3) is 2.64. The van der Waals surface area contributed by atoms with Gasteiger partial charge in [-0.2, -0.15) is 0 Å². The first-order chi connectivity index (χ1) is 7.49. The van der Waals surface area contributed by atoms with Crippen LogP contribution in [0.1, 0.15) is 24.5 Å². The van der Waals surface area contributed by atoms with Crippen LogP contribution in [0.5, 0.6) is 0 Å². The number of benzene rings is 1. The Kier molecular flexibility index (Phi) is 4.54. The van der Waals surface area contributed by atoms with E-state index < -0.39 is 0 Å². The molecule has 0 aliphatic rings. The minimum absolute atomic E-state index is 0.100. The topological polar surface area (TPSA) is 20.3 Å². The van der Waals surface area contributed by atoms with Gasteiger partial charge in [0, 0.05) is 12.7 Å². The van der Waals surface area contributed by atoms with E-state index in [-0.39, 0.29) is 10.7 Å². The van der Waals surface area contributed by atoms with Gasteiger partial charge in [-0.1, -0.05) is 41.1 Å². The Balaban J connectivity index is 3.05. The number of hydrogen-bond acceptors (Lipinski definition) is 1. The number of hydrogen-bond donors (Lipinski definition) is 0. The van der Waals surface area contributed by atoms with E-state index in [1.807, 2.05) is 46.0 Å². The molecular weight excluding hydrogens is 266 g/mol. The predicted octanol–water partition coefficient (Wildman–Crippen LogP) is 3.44. The minimum atomic E-state index is -0.100. The van der Waals surface area contributed by atoms with Gasteiger partial charge in [-0.15, -0.1) is 0 Å². The van der Waals surface area contributed by atoms with Gasteiger partial charge >= 0.3 is 0 Å². The number of nitrogens with zero attached hydrogens (tertiary/aromatic N) is 1. The van der Waals surface area contributed by atoms with E-state index in [9.17, 15) is 4.79 Å². The fourth-order valence-corrected chi connectivity index (χ4v) is 2.14. The van der Waals surface area contributed by atoms with Crippen LogP contribution >= 0.6 is 15.9 Å². The largest absolute Gasteiger partial charge is 0.314 e. The Labute approximate surface area is 106 Å². The number of amides is 1. The standard InChI is InChI=1S/C13H18BrNO/c1-5-11(14)13(16)15(4)12-9(2)7-6-8-10(12)3/h6-8,11H,5H2,1-4H3/t11-/m0/s1. The van der Waals surface area contributed by atoms with Crippen LogP contribution in [0.25, 0.3) is 0 Å². The molecule has 0 bridgehead atoms. The summed E-state index contributed by atoms with van der Waals surface area (Å²) in [5.41, 5.74) is 3.28. The van der Waals surface area contributed by atoms with Crippen LogP contribution in [0.15, 0.2) is 18.2 Å². The zero-order chi connectivity index (χ0) is 12.3. The molecule has 0 aliphatic carbocycles. The predicted molar refractivity (Wildman–Crippen MR) is 72.3 cm³/mol. The van der Waals surface area contributed by atoms with E-state index in [4.69, 9.17) is 0 Å². The summed E-state index contributed by atoms with van der Waals surface area (Å²) in [6.07, 6.45) is 0.800. The van der Waals surface area contributed by atoms with Gasteiger partial charge in [0.1, 0.15) is 0 Å². The van der Waals surface area contributed by atoms with Gasteiger partial charge in [0.25, 0.3) is 0 Å². The zero-order valence-electron chi connectivity index (χ0n) is 10.2. The maximum Gasteiger partial charge on any atom is 0.240 e.